The number of guanidine groups is 1. The fraction of sp³-hybridized carbons (Fsp3) is 0.500. The first-order valence-electron chi connectivity index (χ1n) is 9.94. The van der Waals surface area contributed by atoms with Crippen molar-refractivity contribution in [3.8, 4) is 5.75 Å². The summed E-state index contributed by atoms with van der Waals surface area (Å²) in [5.74, 6) is 1.81. The summed E-state index contributed by atoms with van der Waals surface area (Å²) < 4.78 is 11.4. The average molecular weight is 402 g/mol. The maximum Gasteiger partial charge on any atom is 0.191 e. The number of nitrogens with one attached hydrogen (secondary N) is 2. The zero-order chi connectivity index (χ0) is 19.8. The highest BCUT2D eigenvalue weighted by Gasteiger charge is 2.37. The number of methoxy groups -OCH3 is 1. The van der Waals surface area contributed by atoms with E-state index in [-0.39, 0.29) is 5.41 Å². The second kappa shape index (κ2) is 9.94. The molecule has 5 nitrogen and oxygen atoms in total. The maximum absolute atomic E-state index is 5.72. The van der Waals surface area contributed by atoms with Crippen LogP contribution >= 0.6 is 11.3 Å². The predicted molar refractivity (Wildman–Crippen MR) is 117 cm³/mol. The summed E-state index contributed by atoms with van der Waals surface area (Å²) in [6, 6.07) is 10.6. The molecule has 6 heteroatoms. The number of rotatable bonds is 7. The van der Waals surface area contributed by atoms with Gasteiger partial charge in [-0.25, -0.2) is 4.99 Å². The van der Waals surface area contributed by atoms with Crippen LogP contribution in [0.5, 0.6) is 5.75 Å². The molecule has 2 aromatic rings. The number of aliphatic imine (C=N–C) groups is 1. The molecule has 28 heavy (non-hydrogen) atoms. The van der Waals surface area contributed by atoms with Gasteiger partial charge in [0.2, 0.25) is 0 Å². The highest BCUT2D eigenvalue weighted by molar-refractivity contribution is 7.09. The molecule has 1 saturated heterocycles. The van der Waals surface area contributed by atoms with Crippen LogP contribution in [-0.4, -0.2) is 39.4 Å². The molecule has 1 aromatic carbocycles. The zero-order valence-electron chi connectivity index (χ0n) is 17.1. The summed E-state index contributed by atoms with van der Waals surface area (Å²) in [5.41, 5.74) is 2.48. The lowest BCUT2D eigenvalue weighted by molar-refractivity contribution is 0.0505. The Morgan fingerprint density at radius 3 is 2.75 bits per heavy atom. The van der Waals surface area contributed by atoms with Crippen LogP contribution in [0.4, 0.5) is 0 Å². The Balaban J connectivity index is 1.81. The molecular formula is C22H31N3O2S. The van der Waals surface area contributed by atoms with Crippen molar-refractivity contribution < 1.29 is 9.47 Å². The third kappa shape index (κ3) is 5.06. The molecule has 1 aliphatic rings. The van der Waals surface area contributed by atoms with Crippen molar-refractivity contribution in [3.05, 3.63) is 51.7 Å². The van der Waals surface area contributed by atoms with Gasteiger partial charge in [-0.15, -0.1) is 11.3 Å². The van der Waals surface area contributed by atoms with Crippen LogP contribution in [0, 0.1) is 6.92 Å². The standard InChI is InChI=1S/C22H31N3O2S/c1-4-23-21(24-15-18-6-5-13-28-18)25-16-22(9-11-27-12-10-22)19-14-17(2)7-8-20(19)26-3/h5-8,13-14H,4,9-12,15-16H2,1-3H3,(H2,23,24,25). The van der Waals surface area contributed by atoms with Crippen molar-refractivity contribution in [2.45, 2.75) is 38.6 Å². The summed E-state index contributed by atoms with van der Waals surface area (Å²) in [7, 11) is 1.75. The number of nitrogens with zero attached hydrogens (tertiary/aromatic N) is 1. The summed E-state index contributed by atoms with van der Waals surface area (Å²) in [5, 5.41) is 9.06. The van der Waals surface area contributed by atoms with E-state index in [4.69, 9.17) is 14.5 Å². The molecule has 0 atom stereocenters. The Labute approximate surface area is 172 Å². The van der Waals surface area contributed by atoms with Crippen LogP contribution in [0.1, 0.15) is 35.8 Å². The molecule has 0 radical (unpaired) electrons. The molecule has 1 aliphatic heterocycles. The van der Waals surface area contributed by atoms with E-state index in [1.807, 2.05) is 0 Å². The molecule has 2 heterocycles. The van der Waals surface area contributed by atoms with Crippen LogP contribution in [0.2, 0.25) is 0 Å². The van der Waals surface area contributed by atoms with Gasteiger partial charge in [-0.2, -0.15) is 0 Å². The number of ether oxygens (including phenoxy) is 2. The smallest absolute Gasteiger partial charge is 0.191 e. The first-order valence-corrected chi connectivity index (χ1v) is 10.8. The van der Waals surface area contributed by atoms with E-state index in [0.29, 0.717) is 6.54 Å². The Morgan fingerprint density at radius 2 is 2.07 bits per heavy atom. The third-order valence-corrected chi connectivity index (χ3v) is 6.15. The first kappa shape index (κ1) is 20.7. The number of benzene rings is 1. The molecule has 1 fully saturated rings. The Bertz CT molecular complexity index is 768. The minimum Gasteiger partial charge on any atom is -0.496 e. The first-order chi connectivity index (χ1) is 13.7. The van der Waals surface area contributed by atoms with Crippen molar-refractivity contribution in [1.29, 1.82) is 0 Å². The summed E-state index contributed by atoms with van der Waals surface area (Å²) in [6.07, 6.45) is 1.92. The number of thiophene rings is 1. The summed E-state index contributed by atoms with van der Waals surface area (Å²) in [6.45, 7) is 8.08. The Morgan fingerprint density at radius 1 is 1.25 bits per heavy atom. The van der Waals surface area contributed by atoms with E-state index in [1.54, 1.807) is 18.4 Å². The monoisotopic (exact) mass is 401 g/mol. The Kier molecular flexibility index (Phi) is 7.34. The lowest BCUT2D eigenvalue weighted by Crippen LogP contribution is -2.48. The van der Waals surface area contributed by atoms with E-state index in [1.165, 1.54) is 16.0 Å². The fourth-order valence-corrected chi connectivity index (χ4v) is 4.32. The van der Waals surface area contributed by atoms with Crippen LogP contribution in [0.3, 0.4) is 0 Å². The minimum absolute atomic E-state index is 0.0330. The minimum atomic E-state index is -0.0330. The van der Waals surface area contributed by atoms with Gasteiger partial charge < -0.3 is 20.1 Å². The molecule has 0 unspecified atom stereocenters. The number of hydrogen-bond acceptors (Lipinski definition) is 4. The van der Waals surface area contributed by atoms with Gasteiger partial charge in [-0.05, 0) is 44.2 Å². The lowest BCUT2D eigenvalue weighted by atomic mass is 9.73. The van der Waals surface area contributed by atoms with Crippen LogP contribution in [0.15, 0.2) is 40.7 Å². The lowest BCUT2D eigenvalue weighted by Gasteiger charge is -2.39. The summed E-state index contributed by atoms with van der Waals surface area (Å²) >= 11 is 1.74. The molecule has 0 spiro atoms. The van der Waals surface area contributed by atoms with E-state index in [0.717, 1.165) is 50.9 Å². The molecular weight excluding hydrogens is 370 g/mol. The summed E-state index contributed by atoms with van der Waals surface area (Å²) in [4.78, 5) is 6.03. The highest BCUT2D eigenvalue weighted by Crippen LogP contribution is 2.40. The van der Waals surface area contributed by atoms with Crippen LogP contribution in [0.25, 0.3) is 0 Å². The van der Waals surface area contributed by atoms with Gasteiger partial charge in [0, 0.05) is 42.2 Å². The number of hydrogen-bond donors (Lipinski definition) is 2. The molecule has 0 bridgehead atoms. The van der Waals surface area contributed by atoms with Crippen LogP contribution in [-0.2, 0) is 16.7 Å². The SMILES string of the molecule is CCNC(=NCc1cccs1)NCC1(c2cc(C)ccc2OC)CCOCC1. The van der Waals surface area contributed by atoms with Gasteiger partial charge in [-0.3, -0.25) is 0 Å². The second-order valence-electron chi connectivity index (χ2n) is 7.22. The van der Waals surface area contributed by atoms with Gasteiger partial charge in [0.15, 0.2) is 5.96 Å². The molecule has 152 valence electrons. The second-order valence-corrected chi connectivity index (χ2v) is 8.26. The van der Waals surface area contributed by atoms with Crippen LogP contribution < -0.4 is 15.4 Å². The molecule has 0 amide bonds. The van der Waals surface area contributed by atoms with Crippen molar-refractivity contribution in [2.24, 2.45) is 4.99 Å². The van der Waals surface area contributed by atoms with Crippen molar-refractivity contribution in [3.63, 3.8) is 0 Å². The third-order valence-electron chi connectivity index (χ3n) is 5.29. The molecule has 0 saturated carbocycles. The van der Waals surface area contributed by atoms with Gasteiger partial charge >= 0.3 is 0 Å². The van der Waals surface area contributed by atoms with Crippen molar-refractivity contribution in [2.75, 3.05) is 33.4 Å². The Hall–Kier alpha value is -2.05. The predicted octanol–water partition coefficient (Wildman–Crippen LogP) is 3.87. The van der Waals surface area contributed by atoms with E-state index in [9.17, 15) is 0 Å². The van der Waals surface area contributed by atoms with Crippen molar-refractivity contribution in [1.82, 2.24) is 10.6 Å². The van der Waals surface area contributed by atoms with Gasteiger partial charge in [-0.1, -0.05) is 23.8 Å². The van der Waals surface area contributed by atoms with Crippen molar-refractivity contribution >= 4 is 17.3 Å². The average Bonchev–Trinajstić information content (AvgIpc) is 3.24. The van der Waals surface area contributed by atoms with E-state index in [2.05, 4.69) is 60.2 Å². The fourth-order valence-electron chi connectivity index (χ4n) is 3.69. The van der Waals surface area contributed by atoms with E-state index >= 15 is 0 Å². The van der Waals surface area contributed by atoms with Gasteiger partial charge in [0.1, 0.15) is 5.75 Å². The molecule has 0 aliphatic carbocycles. The topological polar surface area (TPSA) is 54.9 Å². The van der Waals surface area contributed by atoms with Gasteiger partial charge in [0.05, 0.1) is 13.7 Å². The number of aryl methyl sites for hydroxylation is 1. The normalized spacial score (nSPS) is 16.6. The largest absolute Gasteiger partial charge is 0.496 e. The molecule has 2 N–H and O–H groups in total. The quantitative estimate of drug-likeness (QED) is 0.546. The maximum atomic E-state index is 5.72. The molecule has 3 rings (SSSR count). The van der Waals surface area contributed by atoms with E-state index < -0.39 is 0 Å². The molecule has 1 aromatic heterocycles. The van der Waals surface area contributed by atoms with Gasteiger partial charge in [0.25, 0.3) is 0 Å². The zero-order valence-corrected chi connectivity index (χ0v) is 17.9. The highest BCUT2D eigenvalue weighted by atomic mass is 32.1.